The van der Waals surface area contributed by atoms with Crippen molar-refractivity contribution < 1.29 is 23.4 Å². The van der Waals surface area contributed by atoms with E-state index in [-0.39, 0.29) is 25.0 Å². The van der Waals surface area contributed by atoms with Crippen LogP contribution in [0.5, 0.6) is 0 Å². The number of rotatable bonds is 2. The van der Waals surface area contributed by atoms with Gasteiger partial charge in [0.25, 0.3) is 5.92 Å². The lowest BCUT2D eigenvalue weighted by Crippen LogP contribution is -2.41. The number of alkyl halides is 2. The molecule has 1 aliphatic carbocycles. The summed E-state index contributed by atoms with van der Waals surface area (Å²) in [4.78, 5) is 14.3. The van der Waals surface area contributed by atoms with Gasteiger partial charge in [0.1, 0.15) is 12.7 Å². The van der Waals surface area contributed by atoms with Gasteiger partial charge in [0.15, 0.2) is 0 Å². The molecule has 0 radical (unpaired) electrons. The Morgan fingerprint density at radius 2 is 1.62 bits per heavy atom. The quantitative estimate of drug-likeness (QED) is 0.806. The van der Waals surface area contributed by atoms with E-state index in [0.29, 0.717) is 12.8 Å². The zero-order valence-electron chi connectivity index (χ0n) is 15.9. The molecule has 2 fully saturated rings. The van der Waals surface area contributed by atoms with Crippen LogP contribution < -0.4 is 0 Å². The van der Waals surface area contributed by atoms with E-state index >= 15 is 0 Å². The zero-order valence-corrected chi connectivity index (χ0v) is 15.9. The van der Waals surface area contributed by atoms with Crippen LogP contribution in [-0.4, -0.2) is 46.8 Å². The lowest BCUT2D eigenvalue weighted by atomic mass is 9.95. The van der Waals surface area contributed by atoms with Gasteiger partial charge in [-0.2, -0.15) is 0 Å². The predicted molar refractivity (Wildman–Crippen MR) is 104 cm³/mol. The van der Waals surface area contributed by atoms with Crippen molar-refractivity contribution in [3.63, 3.8) is 0 Å². The maximum Gasteiger partial charge on any atom is 0.410 e. The van der Waals surface area contributed by atoms with Crippen molar-refractivity contribution in [3.05, 3.63) is 59.7 Å². The molecule has 3 atom stereocenters. The minimum absolute atomic E-state index is 0.0667. The number of hydrogen-bond donors (Lipinski definition) is 1. The van der Waals surface area contributed by atoms with Gasteiger partial charge >= 0.3 is 6.09 Å². The summed E-state index contributed by atoms with van der Waals surface area (Å²) in [5, 5.41) is 9.83. The Hall–Kier alpha value is -2.47. The van der Waals surface area contributed by atoms with Crippen LogP contribution in [0.4, 0.5) is 13.6 Å². The van der Waals surface area contributed by atoms with Gasteiger partial charge in [-0.05, 0) is 41.5 Å². The number of carbonyl (C=O) groups is 1. The van der Waals surface area contributed by atoms with E-state index in [9.17, 15) is 18.7 Å². The minimum Gasteiger partial charge on any atom is -0.448 e. The minimum atomic E-state index is -3.16. The summed E-state index contributed by atoms with van der Waals surface area (Å²) in [6.07, 6.45) is -1.71. The molecule has 6 heteroatoms. The second kappa shape index (κ2) is 6.80. The first-order valence-electron chi connectivity index (χ1n) is 10.1. The first-order valence-corrected chi connectivity index (χ1v) is 10.1. The van der Waals surface area contributed by atoms with Crippen LogP contribution >= 0.6 is 0 Å². The molecule has 1 amide bonds. The highest BCUT2D eigenvalue weighted by Crippen LogP contribution is 2.45. The van der Waals surface area contributed by atoms with Crippen molar-refractivity contribution in [2.75, 3.05) is 6.61 Å². The monoisotopic (exact) mass is 399 g/mol. The summed E-state index contributed by atoms with van der Waals surface area (Å²) < 4.78 is 33.9. The molecule has 2 aliphatic heterocycles. The van der Waals surface area contributed by atoms with Crippen molar-refractivity contribution in [2.45, 2.75) is 55.7 Å². The van der Waals surface area contributed by atoms with Gasteiger partial charge in [-0.3, -0.25) is 0 Å². The van der Waals surface area contributed by atoms with Crippen LogP contribution in [0, 0.1) is 0 Å². The first kappa shape index (κ1) is 18.6. The molecular formula is C23H23F2NO3. The normalized spacial score (nSPS) is 27.3. The van der Waals surface area contributed by atoms with Crippen LogP contribution in [0.15, 0.2) is 48.5 Å². The molecular weight excluding hydrogens is 376 g/mol. The number of amides is 1. The summed E-state index contributed by atoms with van der Waals surface area (Å²) >= 11 is 0. The fourth-order valence-corrected chi connectivity index (χ4v) is 5.24. The van der Waals surface area contributed by atoms with Crippen LogP contribution in [-0.2, 0) is 4.74 Å². The standard InChI is InChI=1S/C23H23F2NO3/c24-23(25)12-15-10-9-14(11-21(23)27)26(15)22(28)29-13-20-18-7-3-1-5-16(18)17-6-2-4-8-19(17)20/h1-8,14-15,20-21,27H,9-13H2. The lowest BCUT2D eigenvalue weighted by Gasteiger charge is -2.28. The second-order valence-electron chi connectivity index (χ2n) is 8.31. The van der Waals surface area contributed by atoms with Crippen molar-refractivity contribution in [1.82, 2.24) is 4.90 Å². The summed E-state index contributed by atoms with van der Waals surface area (Å²) in [5.74, 6) is -3.23. The van der Waals surface area contributed by atoms with E-state index in [1.54, 1.807) is 0 Å². The molecule has 2 aromatic carbocycles. The average molecular weight is 399 g/mol. The Morgan fingerprint density at radius 1 is 1.03 bits per heavy atom. The molecule has 0 spiro atoms. The molecule has 0 saturated carbocycles. The number of aliphatic hydroxyl groups excluding tert-OH is 1. The molecule has 3 aliphatic rings. The van der Waals surface area contributed by atoms with Crippen LogP contribution in [0.1, 0.15) is 42.7 Å². The summed E-state index contributed by atoms with van der Waals surface area (Å²) in [5.41, 5.74) is 4.51. The number of aliphatic hydroxyl groups is 1. The Morgan fingerprint density at radius 3 is 2.28 bits per heavy atom. The molecule has 29 heavy (non-hydrogen) atoms. The van der Waals surface area contributed by atoms with Crippen molar-refractivity contribution in [1.29, 1.82) is 0 Å². The molecule has 2 heterocycles. The zero-order chi connectivity index (χ0) is 20.2. The summed E-state index contributed by atoms with van der Waals surface area (Å²) in [6.45, 7) is 0.168. The van der Waals surface area contributed by atoms with Crippen LogP contribution in [0.2, 0.25) is 0 Å². The van der Waals surface area contributed by atoms with E-state index in [0.717, 1.165) is 22.3 Å². The molecule has 2 aromatic rings. The van der Waals surface area contributed by atoms with Gasteiger partial charge in [-0.25, -0.2) is 13.6 Å². The third-order valence-electron chi connectivity index (χ3n) is 6.66. The van der Waals surface area contributed by atoms with Gasteiger partial charge in [0.2, 0.25) is 0 Å². The van der Waals surface area contributed by atoms with Crippen molar-refractivity contribution in [2.24, 2.45) is 0 Å². The largest absolute Gasteiger partial charge is 0.448 e. The highest BCUT2D eigenvalue weighted by molar-refractivity contribution is 5.79. The Kier molecular flexibility index (Phi) is 4.35. The van der Waals surface area contributed by atoms with Gasteiger partial charge in [-0.1, -0.05) is 48.5 Å². The van der Waals surface area contributed by atoms with Crippen LogP contribution in [0.3, 0.4) is 0 Å². The van der Waals surface area contributed by atoms with Gasteiger partial charge in [-0.15, -0.1) is 0 Å². The molecule has 2 saturated heterocycles. The summed E-state index contributed by atoms with van der Waals surface area (Å²) in [6, 6.07) is 15.2. The van der Waals surface area contributed by atoms with Gasteiger partial charge in [0, 0.05) is 24.4 Å². The third-order valence-corrected chi connectivity index (χ3v) is 6.66. The smallest absolute Gasteiger partial charge is 0.410 e. The third kappa shape index (κ3) is 3.01. The Bertz CT molecular complexity index is 902. The van der Waals surface area contributed by atoms with E-state index in [4.69, 9.17) is 4.74 Å². The molecule has 3 unspecified atom stereocenters. The lowest BCUT2D eigenvalue weighted by molar-refractivity contribution is -0.116. The molecule has 0 aromatic heterocycles. The first-order chi connectivity index (χ1) is 14.0. The van der Waals surface area contributed by atoms with E-state index in [2.05, 4.69) is 12.1 Å². The SMILES string of the molecule is O=C(OCC1c2ccccc2-c2ccccc21)N1C2CCC1CC(F)(F)C(O)C2. The topological polar surface area (TPSA) is 49.8 Å². The molecule has 152 valence electrons. The van der Waals surface area contributed by atoms with Gasteiger partial charge in [0.05, 0.1) is 0 Å². The Balaban J connectivity index is 1.35. The highest BCUT2D eigenvalue weighted by Gasteiger charge is 2.52. The predicted octanol–water partition coefficient (Wildman–Crippen LogP) is 4.56. The fourth-order valence-electron chi connectivity index (χ4n) is 5.24. The highest BCUT2D eigenvalue weighted by atomic mass is 19.3. The second-order valence-corrected chi connectivity index (χ2v) is 8.31. The number of carbonyl (C=O) groups excluding carboxylic acids is 1. The summed E-state index contributed by atoms with van der Waals surface area (Å²) in [7, 11) is 0. The number of benzene rings is 2. The van der Waals surface area contributed by atoms with Crippen molar-refractivity contribution in [3.8, 4) is 11.1 Å². The average Bonchev–Trinajstić information content (AvgIpc) is 3.21. The number of fused-ring (bicyclic) bond motifs is 5. The van der Waals surface area contributed by atoms with E-state index in [1.807, 2.05) is 36.4 Å². The molecule has 5 rings (SSSR count). The Labute approximate surface area is 168 Å². The number of nitrogens with zero attached hydrogens (tertiary/aromatic N) is 1. The molecule has 2 bridgehead atoms. The van der Waals surface area contributed by atoms with Crippen molar-refractivity contribution >= 4 is 6.09 Å². The number of halogens is 2. The van der Waals surface area contributed by atoms with Gasteiger partial charge < -0.3 is 14.7 Å². The van der Waals surface area contributed by atoms with E-state index in [1.165, 1.54) is 4.90 Å². The molecule has 4 nitrogen and oxygen atoms in total. The number of hydrogen-bond acceptors (Lipinski definition) is 3. The maximum atomic E-state index is 14.1. The maximum absolute atomic E-state index is 14.1. The van der Waals surface area contributed by atoms with E-state index < -0.39 is 30.6 Å². The fraction of sp³-hybridized carbons (Fsp3) is 0.435. The van der Waals surface area contributed by atoms with Crippen LogP contribution in [0.25, 0.3) is 11.1 Å². The molecule has 1 N–H and O–H groups in total. The number of ether oxygens (including phenoxy) is 1.